The van der Waals surface area contributed by atoms with E-state index in [4.69, 9.17) is 10.5 Å². The molecule has 0 aliphatic carbocycles. The van der Waals surface area contributed by atoms with Crippen molar-refractivity contribution in [1.29, 1.82) is 0 Å². The van der Waals surface area contributed by atoms with Crippen LogP contribution < -0.4 is 5.73 Å². The highest BCUT2D eigenvalue weighted by Gasteiger charge is 2.18. The molecule has 2 nitrogen and oxygen atoms in total. The van der Waals surface area contributed by atoms with Crippen LogP contribution in [0.1, 0.15) is 49.1 Å². The summed E-state index contributed by atoms with van der Waals surface area (Å²) in [4.78, 5) is 0. The lowest BCUT2D eigenvalue weighted by Crippen LogP contribution is -2.20. The Morgan fingerprint density at radius 1 is 1.18 bits per heavy atom. The van der Waals surface area contributed by atoms with Crippen molar-refractivity contribution >= 4 is 0 Å². The Kier molecular flexibility index (Phi) is 4.34. The van der Waals surface area contributed by atoms with Crippen molar-refractivity contribution in [2.75, 3.05) is 13.7 Å². The molecule has 2 N–H and O–H groups in total. The fourth-order valence-electron chi connectivity index (χ4n) is 2.26. The highest BCUT2D eigenvalue weighted by atomic mass is 16.5. The predicted octanol–water partition coefficient (Wildman–Crippen LogP) is 3.25. The van der Waals surface area contributed by atoms with Crippen LogP contribution in [0, 0.1) is 13.8 Å². The number of nitrogens with two attached hydrogens (primary N) is 1. The summed E-state index contributed by atoms with van der Waals surface area (Å²) in [6.07, 6.45) is 0. The van der Waals surface area contributed by atoms with Gasteiger partial charge in [0.1, 0.15) is 0 Å². The molecular weight excluding hydrogens is 210 g/mol. The molecule has 1 unspecified atom stereocenters. The van der Waals surface area contributed by atoms with E-state index in [0.29, 0.717) is 6.61 Å². The van der Waals surface area contributed by atoms with E-state index < -0.39 is 0 Å². The van der Waals surface area contributed by atoms with E-state index in [9.17, 15) is 0 Å². The van der Waals surface area contributed by atoms with Crippen molar-refractivity contribution in [2.24, 2.45) is 5.73 Å². The molecule has 1 aromatic rings. The lowest BCUT2D eigenvalue weighted by Gasteiger charge is -2.24. The summed E-state index contributed by atoms with van der Waals surface area (Å²) >= 11 is 0. The number of hydrogen-bond donors (Lipinski definition) is 1. The Morgan fingerprint density at radius 2 is 1.65 bits per heavy atom. The molecule has 0 fully saturated rings. The molecule has 0 amide bonds. The first kappa shape index (κ1) is 14.2. The molecule has 0 bridgehead atoms. The molecule has 1 rings (SSSR count). The standard InChI is InChI=1S/C15H25NO/c1-10-7-12(15(3,4)5)8-11(2)14(10)13(16)9-17-6/h7-8,13H,9,16H2,1-6H3. The van der Waals surface area contributed by atoms with E-state index in [1.54, 1.807) is 7.11 Å². The molecule has 0 saturated carbocycles. The van der Waals surface area contributed by atoms with Crippen molar-refractivity contribution in [3.05, 3.63) is 34.4 Å². The van der Waals surface area contributed by atoms with Gasteiger partial charge in [-0.2, -0.15) is 0 Å². The lowest BCUT2D eigenvalue weighted by atomic mass is 9.83. The summed E-state index contributed by atoms with van der Waals surface area (Å²) in [7, 11) is 1.69. The molecule has 0 radical (unpaired) electrons. The van der Waals surface area contributed by atoms with Crippen molar-refractivity contribution in [2.45, 2.75) is 46.1 Å². The molecule has 2 heteroatoms. The van der Waals surface area contributed by atoms with Gasteiger partial charge in [0, 0.05) is 7.11 Å². The van der Waals surface area contributed by atoms with Gasteiger partial charge in [-0.1, -0.05) is 32.9 Å². The van der Waals surface area contributed by atoms with Gasteiger partial charge < -0.3 is 10.5 Å². The second kappa shape index (κ2) is 5.19. The maximum Gasteiger partial charge on any atom is 0.0655 e. The molecule has 0 aliphatic rings. The summed E-state index contributed by atoms with van der Waals surface area (Å²) in [5, 5.41) is 0. The molecule has 1 aromatic carbocycles. The number of methoxy groups -OCH3 is 1. The zero-order chi connectivity index (χ0) is 13.2. The predicted molar refractivity (Wildman–Crippen MR) is 73.4 cm³/mol. The van der Waals surface area contributed by atoms with Crippen LogP contribution >= 0.6 is 0 Å². The van der Waals surface area contributed by atoms with E-state index in [-0.39, 0.29) is 11.5 Å². The molecule has 0 aliphatic heterocycles. The zero-order valence-corrected chi connectivity index (χ0v) is 11.9. The van der Waals surface area contributed by atoms with Crippen LogP contribution in [-0.2, 0) is 10.2 Å². The average Bonchev–Trinajstić information content (AvgIpc) is 2.15. The first-order valence-corrected chi connectivity index (χ1v) is 6.13. The highest BCUT2D eigenvalue weighted by Crippen LogP contribution is 2.29. The van der Waals surface area contributed by atoms with E-state index in [1.165, 1.54) is 22.3 Å². The first-order chi connectivity index (χ1) is 7.77. The normalized spacial score (nSPS) is 13.8. The summed E-state index contributed by atoms with van der Waals surface area (Å²) in [5.41, 5.74) is 11.4. The van der Waals surface area contributed by atoms with Crippen LogP contribution in [0.25, 0.3) is 0 Å². The molecule has 0 spiro atoms. The Bertz CT molecular complexity index is 367. The number of benzene rings is 1. The van der Waals surface area contributed by atoms with Crippen LogP contribution in [0.15, 0.2) is 12.1 Å². The van der Waals surface area contributed by atoms with Gasteiger partial charge in [0.2, 0.25) is 0 Å². The fourth-order valence-corrected chi connectivity index (χ4v) is 2.26. The molecule has 0 aromatic heterocycles. The van der Waals surface area contributed by atoms with E-state index in [0.717, 1.165) is 0 Å². The maximum atomic E-state index is 6.14. The van der Waals surface area contributed by atoms with Crippen LogP contribution in [0.4, 0.5) is 0 Å². The average molecular weight is 235 g/mol. The van der Waals surface area contributed by atoms with Gasteiger partial charge in [0.15, 0.2) is 0 Å². The van der Waals surface area contributed by atoms with Crippen molar-refractivity contribution in [1.82, 2.24) is 0 Å². The van der Waals surface area contributed by atoms with Crippen LogP contribution in [0.2, 0.25) is 0 Å². The van der Waals surface area contributed by atoms with Gasteiger partial charge in [-0.25, -0.2) is 0 Å². The first-order valence-electron chi connectivity index (χ1n) is 6.13. The summed E-state index contributed by atoms with van der Waals surface area (Å²) in [6.45, 7) is 11.5. The Balaban J connectivity index is 3.20. The van der Waals surface area contributed by atoms with E-state index >= 15 is 0 Å². The van der Waals surface area contributed by atoms with Gasteiger partial charge in [-0.3, -0.25) is 0 Å². The zero-order valence-electron chi connectivity index (χ0n) is 11.9. The summed E-state index contributed by atoms with van der Waals surface area (Å²) in [6, 6.07) is 4.46. The highest BCUT2D eigenvalue weighted by molar-refractivity contribution is 5.42. The van der Waals surface area contributed by atoms with Crippen molar-refractivity contribution < 1.29 is 4.74 Å². The van der Waals surface area contributed by atoms with E-state index in [2.05, 4.69) is 46.8 Å². The quantitative estimate of drug-likeness (QED) is 0.873. The SMILES string of the molecule is COCC(N)c1c(C)cc(C(C)(C)C)cc1C. The van der Waals surface area contributed by atoms with Crippen LogP contribution in [-0.4, -0.2) is 13.7 Å². The van der Waals surface area contributed by atoms with Crippen molar-refractivity contribution in [3.8, 4) is 0 Å². The topological polar surface area (TPSA) is 35.2 Å². The molecule has 96 valence electrons. The third-order valence-electron chi connectivity index (χ3n) is 3.18. The molecule has 0 heterocycles. The smallest absolute Gasteiger partial charge is 0.0655 e. The number of ether oxygens (including phenoxy) is 1. The number of rotatable bonds is 3. The third-order valence-corrected chi connectivity index (χ3v) is 3.18. The molecular formula is C15H25NO. The van der Waals surface area contributed by atoms with Gasteiger partial charge in [0.25, 0.3) is 0 Å². The Hall–Kier alpha value is -0.860. The van der Waals surface area contributed by atoms with Crippen LogP contribution in [0.3, 0.4) is 0 Å². The van der Waals surface area contributed by atoms with Crippen LogP contribution in [0.5, 0.6) is 0 Å². The number of hydrogen-bond acceptors (Lipinski definition) is 2. The Morgan fingerprint density at radius 3 is 2.00 bits per heavy atom. The van der Waals surface area contributed by atoms with Gasteiger partial charge in [-0.05, 0) is 41.5 Å². The summed E-state index contributed by atoms with van der Waals surface area (Å²) < 4.78 is 5.14. The van der Waals surface area contributed by atoms with Gasteiger partial charge >= 0.3 is 0 Å². The second-order valence-electron chi connectivity index (χ2n) is 5.84. The lowest BCUT2D eigenvalue weighted by molar-refractivity contribution is 0.180. The minimum atomic E-state index is -0.0333. The molecule has 0 saturated heterocycles. The van der Waals surface area contributed by atoms with Crippen molar-refractivity contribution in [3.63, 3.8) is 0 Å². The fraction of sp³-hybridized carbons (Fsp3) is 0.600. The minimum absolute atomic E-state index is 0.0333. The maximum absolute atomic E-state index is 6.14. The largest absolute Gasteiger partial charge is 0.383 e. The number of aryl methyl sites for hydroxylation is 2. The molecule has 1 atom stereocenters. The third kappa shape index (κ3) is 3.30. The van der Waals surface area contributed by atoms with Gasteiger partial charge in [-0.15, -0.1) is 0 Å². The monoisotopic (exact) mass is 235 g/mol. The second-order valence-corrected chi connectivity index (χ2v) is 5.84. The summed E-state index contributed by atoms with van der Waals surface area (Å²) in [5.74, 6) is 0. The van der Waals surface area contributed by atoms with E-state index in [1.807, 2.05) is 0 Å². The van der Waals surface area contributed by atoms with Gasteiger partial charge in [0.05, 0.1) is 12.6 Å². The Labute approximate surface area is 105 Å². The minimum Gasteiger partial charge on any atom is -0.383 e. The molecule has 17 heavy (non-hydrogen) atoms.